The molecule has 0 unspecified atom stereocenters. The lowest BCUT2D eigenvalue weighted by Crippen LogP contribution is -2.17. The summed E-state index contributed by atoms with van der Waals surface area (Å²) in [5, 5.41) is 7.35. The largest absolute Gasteiger partial charge is 0.311 e. The van der Waals surface area contributed by atoms with E-state index in [9.17, 15) is 0 Å². The lowest BCUT2D eigenvalue weighted by molar-refractivity contribution is 0.726. The maximum atomic E-state index is 2.45. The molecule has 1 aliphatic carbocycles. The SMILES string of the molecule is C[C@@H]1C=C(N(c2ccccc2)c2cc(-c3cccc4ccccc34)c3sc4cc(N(c5ccccc5)c5ccc6c7cc(N(c8ccccc8)c8ccccc8)ccc7n(-c7ccccc7)c6c5)ccc4c3c2)C=CC1. The van der Waals surface area contributed by atoms with E-state index in [1.165, 1.54) is 58.5 Å². The van der Waals surface area contributed by atoms with Crippen molar-refractivity contribution in [2.75, 3.05) is 14.7 Å². The zero-order valence-corrected chi connectivity index (χ0v) is 42.9. The molecule has 362 valence electrons. The van der Waals surface area contributed by atoms with E-state index < -0.39 is 0 Å². The average molecular weight is 993 g/mol. The van der Waals surface area contributed by atoms with Crippen LogP contribution in [-0.4, -0.2) is 4.57 Å². The molecule has 2 heterocycles. The fourth-order valence-corrected chi connectivity index (χ4v) is 12.8. The van der Waals surface area contributed by atoms with Gasteiger partial charge in [0.25, 0.3) is 0 Å². The van der Waals surface area contributed by atoms with Gasteiger partial charge in [0.1, 0.15) is 0 Å². The summed E-state index contributed by atoms with van der Waals surface area (Å²) in [6.07, 6.45) is 8.08. The van der Waals surface area contributed by atoms with E-state index in [4.69, 9.17) is 0 Å². The standard InChI is InChI=1S/C71H52N4S/c1-49-21-19-34-56(43-49)74(54-30-13-5-14-31-54)60-45-66(62-36-20-23-50-22-17-18-35-61(50)62)71-67(46-60)64-41-38-59(48-70(64)76-71)73(53-28-11-4-12-29-53)58-37-40-63-65-44-57(72(51-24-7-2-8-25-51)52-26-9-3-10-27-52)39-42-68(65)75(69(63)47-58)55-32-15-6-16-33-55/h2-20,22-49H,21H2,1H3/t49-/m0/s1. The van der Waals surface area contributed by atoms with Gasteiger partial charge in [0, 0.05) is 93.4 Å². The third-order valence-corrected chi connectivity index (χ3v) is 16.2. The van der Waals surface area contributed by atoms with Gasteiger partial charge >= 0.3 is 0 Å². The molecule has 5 heteroatoms. The highest BCUT2D eigenvalue weighted by Gasteiger charge is 2.24. The fraction of sp³-hybridized carbons (Fsp3) is 0.0423. The van der Waals surface area contributed by atoms with Crippen molar-refractivity contribution in [1.29, 1.82) is 0 Å². The van der Waals surface area contributed by atoms with E-state index in [0.29, 0.717) is 5.92 Å². The van der Waals surface area contributed by atoms with Crippen molar-refractivity contribution in [2.45, 2.75) is 13.3 Å². The van der Waals surface area contributed by atoms with Crippen molar-refractivity contribution in [2.24, 2.45) is 5.92 Å². The Hall–Kier alpha value is -9.42. The minimum Gasteiger partial charge on any atom is -0.311 e. The van der Waals surface area contributed by atoms with Gasteiger partial charge < -0.3 is 19.3 Å². The third kappa shape index (κ3) is 8.01. The van der Waals surface area contributed by atoms with Gasteiger partial charge in [-0.2, -0.15) is 0 Å². The highest BCUT2D eigenvalue weighted by molar-refractivity contribution is 7.26. The van der Waals surface area contributed by atoms with Crippen LogP contribution in [0.5, 0.6) is 0 Å². The van der Waals surface area contributed by atoms with Crippen molar-refractivity contribution in [3.63, 3.8) is 0 Å². The summed E-state index contributed by atoms with van der Waals surface area (Å²) in [6, 6.07) is 95.2. The second-order valence-corrected chi connectivity index (χ2v) is 20.9. The highest BCUT2D eigenvalue weighted by Crippen LogP contribution is 2.49. The van der Waals surface area contributed by atoms with Crippen LogP contribution in [0.2, 0.25) is 0 Å². The van der Waals surface area contributed by atoms with Gasteiger partial charge in [-0.1, -0.05) is 165 Å². The average Bonchev–Trinajstić information content (AvgIpc) is 4.06. The fourth-order valence-electron chi connectivity index (χ4n) is 11.5. The Labute approximate surface area is 447 Å². The van der Waals surface area contributed by atoms with E-state index in [1.54, 1.807) is 0 Å². The quantitative estimate of drug-likeness (QED) is 0.128. The Bertz CT molecular complexity index is 4290. The van der Waals surface area contributed by atoms with Crippen molar-refractivity contribution in [3.05, 3.63) is 285 Å². The van der Waals surface area contributed by atoms with Gasteiger partial charge in [-0.05, 0) is 150 Å². The predicted octanol–water partition coefficient (Wildman–Crippen LogP) is 20.5. The van der Waals surface area contributed by atoms with E-state index in [2.05, 4.69) is 305 Å². The Balaban J connectivity index is 0.964. The van der Waals surface area contributed by atoms with Crippen molar-refractivity contribution in [3.8, 4) is 16.8 Å². The molecule has 4 nitrogen and oxygen atoms in total. The molecule has 0 radical (unpaired) electrons. The van der Waals surface area contributed by atoms with Crippen LogP contribution >= 0.6 is 11.3 Å². The molecule has 0 bridgehead atoms. The summed E-state index contributed by atoms with van der Waals surface area (Å²) in [6.45, 7) is 2.31. The zero-order chi connectivity index (χ0) is 50.5. The van der Waals surface area contributed by atoms with Crippen LogP contribution in [0.25, 0.3) is 69.6 Å². The summed E-state index contributed by atoms with van der Waals surface area (Å²) in [5.41, 5.74) is 15.9. The van der Waals surface area contributed by atoms with Crippen molar-refractivity contribution in [1.82, 2.24) is 4.57 Å². The predicted molar refractivity (Wildman–Crippen MR) is 326 cm³/mol. The van der Waals surface area contributed by atoms with E-state index >= 15 is 0 Å². The minimum atomic E-state index is 0.437. The maximum absolute atomic E-state index is 2.45. The first-order valence-corrected chi connectivity index (χ1v) is 27.0. The Morgan fingerprint density at radius 1 is 0.382 bits per heavy atom. The molecule has 0 aliphatic heterocycles. The topological polar surface area (TPSA) is 14.7 Å². The number of benzene rings is 11. The lowest BCUT2D eigenvalue weighted by atomic mass is 9.95. The number of anilines is 8. The van der Waals surface area contributed by atoms with Crippen molar-refractivity contribution >= 4 is 110 Å². The molecule has 0 spiro atoms. The number of nitrogens with zero attached hydrogens (tertiary/aromatic N) is 4. The van der Waals surface area contributed by atoms with Gasteiger partial charge in [-0.15, -0.1) is 11.3 Å². The third-order valence-electron chi connectivity index (χ3n) is 15.0. The van der Waals surface area contributed by atoms with E-state index in [-0.39, 0.29) is 0 Å². The summed E-state index contributed by atoms with van der Waals surface area (Å²) in [5.74, 6) is 0.437. The minimum absolute atomic E-state index is 0.437. The second kappa shape index (κ2) is 19.1. The molecule has 13 aromatic rings. The van der Waals surface area contributed by atoms with Crippen molar-refractivity contribution < 1.29 is 0 Å². The second-order valence-electron chi connectivity index (χ2n) is 19.8. The maximum Gasteiger partial charge on any atom is 0.0561 e. The molecule has 76 heavy (non-hydrogen) atoms. The highest BCUT2D eigenvalue weighted by atomic mass is 32.1. The summed E-state index contributed by atoms with van der Waals surface area (Å²) >= 11 is 1.89. The van der Waals surface area contributed by atoms with Gasteiger partial charge in [0.2, 0.25) is 0 Å². The molecule has 0 saturated carbocycles. The molecular formula is C71H52N4S. The van der Waals surface area contributed by atoms with Gasteiger partial charge in [-0.3, -0.25) is 0 Å². The number of fused-ring (bicyclic) bond motifs is 7. The number of rotatable bonds is 11. The number of hydrogen-bond acceptors (Lipinski definition) is 4. The molecule has 1 atom stereocenters. The molecule has 11 aromatic carbocycles. The first kappa shape index (κ1) is 45.2. The number of para-hydroxylation sites is 5. The summed E-state index contributed by atoms with van der Waals surface area (Å²) < 4.78 is 4.94. The summed E-state index contributed by atoms with van der Waals surface area (Å²) in [4.78, 5) is 7.22. The summed E-state index contributed by atoms with van der Waals surface area (Å²) in [7, 11) is 0. The molecule has 14 rings (SSSR count). The number of aromatic nitrogens is 1. The molecule has 1 aliphatic rings. The van der Waals surface area contributed by atoms with E-state index in [0.717, 1.165) is 68.6 Å². The monoisotopic (exact) mass is 992 g/mol. The van der Waals surface area contributed by atoms with E-state index in [1.807, 2.05) is 11.3 Å². The zero-order valence-electron chi connectivity index (χ0n) is 42.0. The first-order chi connectivity index (χ1) is 37.6. The van der Waals surface area contributed by atoms with Crippen LogP contribution < -0.4 is 14.7 Å². The van der Waals surface area contributed by atoms with Crippen LogP contribution in [0.1, 0.15) is 13.3 Å². The molecular weight excluding hydrogens is 941 g/mol. The Morgan fingerprint density at radius 3 is 1.59 bits per heavy atom. The lowest BCUT2D eigenvalue weighted by Gasteiger charge is -2.29. The van der Waals surface area contributed by atoms with Crippen LogP contribution in [0, 0.1) is 5.92 Å². The molecule has 0 N–H and O–H groups in total. The van der Waals surface area contributed by atoms with Gasteiger partial charge in [-0.25, -0.2) is 0 Å². The van der Waals surface area contributed by atoms with Crippen LogP contribution in [0.4, 0.5) is 45.5 Å². The Kier molecular flexibility index (Phi) is 11.4. The normalized spacial score (nSPS) is 13.4. The molecule has 0 saturated heterocycles. The molecule has 2 aromatic heterocycles. The number of allylic oxidation sites excluding steroid dienone is 3. The smallest absolute Gasteiger partial charge is 0.0561 e. The molecule has 0 fully saturated rings. The molecule has 0 amide bonds. The number of thiophene rings is 1. The van der Waals surface area contributed by atoms with Crippen LogP contribution in [0.15, 0.2) is 285 Å². The Morgan fingerprint density at radius 2 is 0.921 bits per heavy atom. The van der Waals surface area contributed by atoms with Gasteiger partial charge in [0.05, 0.1) is 11.0 Å². The van der Waals surface area contributed by atoms with Crippen LogP contribution in [0.3, 0.4) is 0 Å². The number of hydrogen-bond donors (Lipinski definition) is 0. The van der Waals surface area contributed by atoms with Crippen LogP contribution in [-0.2, 0) is 0 Å². The van der Waals surface area contributed by atoms with Gasteiger partial charge in [0.15, 0.2) is 0 Å². The first-order valence-electron chi connectivity index (χ1n) is 26.2.